The normalized spacial score (nSPS) is 35.6. The number of fused-ring (bicyclic) bond motifs is 5. The van der Waals surface area contributed by atoms with Crippen molar-refractivity contribution in [3.63, 3.8) is 0 Å². The highest BCUT2D eigenvalue weighted by Gasteiger charge is 2.59. The summed E-state index contributed by atoms with van der Waals surface area (Å²) in [5, 5.41) is 0. The molecule has 2 atom stereocenters. The number of alkyl halides is 1. The zero-order chi connectivity index (χ0) is 9.34. The molecule has 68 valence electrons. The molecule has 0 amide bonds. The predicted octanol–water partition coefficient (Wildman–Crippen LogP) is 2.97. The van der Waals surface area contributed by atoms with Gasteiger partial charge >= 0.3 is 0 Å². The molecule has 1 saturated heterocycles. The molecule has 1 fully saturated rings. The van der Waals surface area contributed by atoms with Gasteiger partial charge in [-0.3, -0.25) is 0 Å². The van der Waals surface area contributed by atoms with E-state index in [1.54, 1.807) is 0 Å². The van der Waals surface area contributed by atoms with Crippen molar-refractivity contribution < 1.29 is 4.74 Å². The van der Waals surface area contributed by atoms with Crippen molar-refractivity contribution in [3.8, 4) is 0 Å². The van der Waals surface area contributed by atoms with Gasteiger partial charge in [0, 0.05) is 5.57 Å². The van der Waals surface area contributed by atoms with Gasteiger partial charge in [-0.05, 0) is 38.7 Å². The first kappa shape index (κ1) is 7.43. The van der Waals surface area contributed by atoms with Crippen molar-refractivity contribution in [1.29, 1.82) is 0 Å². The van der Waals surface area contributed by atoms with Crippen LogP contribution in [0.5, 0.6) is 0 Å². The quantitative estimate of drug-likeness (QED) is 0.507. The van der Waals surface area contributed by atoms with Crippen molar-refractivity contribution in [2.45, 2.75) is 10.6 Å². The summed E-state index contributed by atoms with van der Waals surface area (Å²) in [7, 11) is 0. The second-order valence-corrected chi connectivity index (χ2v) is 5.14. The Hall–Kier alpha value is -0.860. The molecule has 4 rings (SSSR count). The minimum absolute atomic E-state index is 0.181. The lowest BCUT2D eigenvalue weighted by Gasteiger charge is -2.27. The third-order valence-corrected chi connectivity index (χ3v) is 4.00. The Morgan fingerprint density at radius 1 is 1.21 bits per heavy atom. The first-order chi connectivity index (χ1) is 6.80. The molecule has 0 aromatic heterocycles. The molecule has 2 heteroatoms. The average molecular weight is 247 g/mol. The van der Waals surface area contributed by atoms with Gasteiger partial charge in [0.2, 0.25) is 0 Å². The minimum Gasteiger partial charge on any atom is -0.345 e. The SMILES string of the molecule is BrC12C=CC3=C(c4ccccc43)C1O2. The first-order valence-electron chi connectivity index (χ1n) is 4.69. The Bertz CT molecular complexity index is 515. The number of epoxide rings is 1. The Labute approximate surface area is 90.2 Å². The van der Waals surface area contributed by atoms with Gasteiger partial charge in [-0.25, -0.2) is 0 Å². The molecule has 0 radical (unpaired) electrons. The number of hydrogen-bond donors (Lipinski definition) is 0. The van der Waals surface area contributed by atoms with Crippen molar-refractivity contribution >= 4 is 27.1 Å². The Kier molecular flexibility index (Phi) is 1.09. The number of rotatable bonds is 0. The van der Waals surface area contributed by atoms with Crippen LogP contribution in [0.2, 0.25) is 0 Å². The highest BCUT2D eigenvalue weighted by atomic mass is 79.9. The lowest BCUT2D eigenvalue weighted by Crippen LogP contribution is -2.17. The molecule has 1 aromatic rings. The van der Waals surface area contributed by atoms with E-state index in [4.69, 9.17) is 4.74 Å². The average Bonchev–Trinajstić information content (AvgIpc) is 2.82. The summed E-state index contributed by atoms with van der Waals surface area (Å²) in [6, 6.07) is 8.50. The number of benzene rings is 1. The van der Waals surface area contributed by atoms with Crippen LogP contribution in [0.4, 0.5) is 0 Å². The van der Waals surface area contributed by atoms with Crippen molar-refractivity contribution in [2.24, 2.45) is 0 Å². The van der Waals surface area contributed by atoms with E-state index < -0.39 is 0 Å². The topological polar surface area (TPSA) is 12.5 Å². The van der Waals surface area contributed by atoms with E-state index >= 15 is 0 Å². The molecule has 2 aliphatic carbocycles. The monoisotopic (exact) mass is 246 g/mol. The van der Waals surface area contributed by atoms with E-state index in [0.717, 1.165) is 0 Å². The smallest absolute Gasteiger partial charge is 0.172 e. The fraction of sp³-hybridized carbons (Fsp3) is 0.167. The molecular formula is C12H7BrO. The zero-order valence-electron chi connectivity index (χ0n) is 7.33. The summed E-state index contributed by atoms with van der Waals surface area (Å²) in [6.45, 7) is 0. The van der Waals surface area contributed by atoms with Crippen molar-refractivity contribution in [2.75, 3.05) is 0 Å². The minimum atomic E-state index is -0.181. The maximum atomic E-state index is 5.63. The number of allylic oxidation sites excluding steroid dienone is 2. The highest BCUT2D eigenvalue weighted by molar-refractivity contribution is 9.10. The van der Waals surface area contributed by atoms with Crippen LogP contribution < -0.4 is 0 Å². The molecular weight excluding hydrogens is 240 g/mol. The maximum absolute atomic E-state index is 5.63. The van der Waals surface area contributed by atoms with E-state index in [1.165, 1.54) is 22.3 Å². The molecule has 1 heterocycles. The van der Waals surface area contributed by atoms with Gasteiger partial charge in [0.25, 0.3) is 0 Å². The van der Waals surface area contributed by atoms with Crippen LogP contribution in [0, 0.1) is 0 Å². The summed E-state index contributed by atoms with van der Waals surface area (Å²) in [5.74, 6) is 0. The van der Waals surface area contributed by atoms with Crippen molar-refractivity contribution in [3.05, 3.63) is 47.5 Å². The van der Waals surface area contributed by atoms with E-state index in [0.29, 0.717) is 0 Å². The predicted molar refractivity (Wildman–Crippen MR) is 58.9 cm³/mol. The summed E-state index contributed by atoms with van der Waals surface area (Å²) in [5.41, 5.74) is 5.46. The molecule has 3 aliphatic rings. The molecule has 0 N–H and O–H groups in total. The van der Waals surface area contributed by atoms with Gasteiger partial charge in [-0.15, -0.1) is 0 Å². The Morgan fingerprint density at radius 3 is 2.86 bits per heavy atom. The van der Waals surface area contributed by atoms with Crippen LogP contribution in [0.1, 0.15) is 11.1 Å². The Morgan fingerprint density at radius 2 is 2.00 bits per heavy atom. The summed E-state index contributed by atoms with van der Waals surface area (Å²) in [6.07, 6.45) is 4.51. The Balaban J connectivity index is 1.94. The van der Waals surface area contributed by atoms with E-state index in [-0.39, 0.29) is 10.6 Å². The molecule has 2 unspecified atom stereocenters. The van der Waals surface area contributed by atoms with Gasteiger partial charge in [0.15, 0.2) is 4.51 Å². The van der Waals surface area contributed by atoms with Crippen LogP contribution in [-0.4, -0.2) is 10.6 Å². The molecule has 0 bridgehead atoms. The lowest BCUT2D eigenvalue weighted by atomic mass is 9.76. The van der Waals surface area contributed by atoms with Gasteiger partial charge in [0.05, 0.1) is 0 Å². The summed E-state index contributed by atoms with van der Waals surface area (Å²) >= 11 is 3.58. The van der Waals surface area contributed by atoms with Crippen LogP contribution in [0.3, 0.4) is 0 Å². The molecule has 14 heavy (non-hydrogen) atoms. The fourth-order valence-corrected chi connectivity index (χ4v) is 2.92. The van der Waals surface area contributed by atoms with Gasteiger partial charge < -0.3 is 4.74 Å². The van der Waals surface area contributed by atoms with Gasteiger partial charge in [0.1, 0.15) is 6.10 Å². The zero-order valence-corrected chi connectivity index (χ0v) is 8.91. The summed E-state index contributed by atoms with van der Waals surface area (Å²) < 4.78 is 5.45. The van der Waals surface area contributed by atoms with E-state index in [1.807, 2.05) is 0 Å². The largest absolute Gasteiger partial charge is 0.345 e. The molecule has 1 aromatic carbocycles. The van der Waals surface area contributed by atoms with Gasteiger partial charge in [-0.2, -0.15) is 0 Å². The molecule has 1 nitrogen and oxygen atoms in total. The standard InChI is InChI=1S/C12H7BrO/c13-12-6-5-9-7-3-1-2-4-8(7)10(9)11(12)14-12/h1-6,11H. The number of ether oxygens (including phenoxy) is 1. The van der Waals surface area contributed by atoms with Crippen molar-refractivity contribution in [1.82, 2.24) is 0 Å². The second-order valence-electron chi connectivity index (χ2n) is 3.90. The number of hydrogen-bond acceptors (Lipinski definition) is 1. The van der Waals surface area contributed by atoms with Crippen LogP contribution in [-0.2, 0) is 4.74 Å². The maximum Gasteiger partial charge on any atom is 0.172 e. The highest BCUT2D eigenvalue weighted by Crippen LogP contribution is 2.60. The fourth-order valence-electron chi connectivity index (χ4n) is 2.37. The van der Waals surface area contributed by atoms with Crippen LogP contribution >= 0.6 is 15.9 Å². The number of halogens is 1. The van der Waals surface area contributed by atoms with Crippen LogP contribution in [0.25, 0.3) is 11.1 Å². The van der Waals surface area contributed by atoms with E-state index in [9.17, 15) is 0 Å². The summed E-state index contributed by atoms with van der Waals surface area (Å²) in [4.78, 5) is 0. The van der Waals surface area contributed by atoms with E-state index in [2.05, 4.69) is 52.3 Å². The molecule has 0 spiro atoms. The van der Waals surface area contributed by atoms with Crippen LogP contribution in [0.15, 0.2) is 36.4 Å². The molecule has 0 saturated carbocycles. The molecule has 1 aliphatic heterocycles. The third kappa shape index (κ3) is 0.677. The third-order valence-electron chi connectivity index (χ3n) is 3.14. The second kappa shape index (κ2) is 2.05. The first-order valence-corrected chi connectivity index (χ1v) is 5.49. The lowest BCUT2D eigenvalue weighted by molar-refractivity contribution is 0.406. The van der Waals surface area contributed by atoms with Gasteiger partial charge in [-0.1, -0.05) is 30.3 Å².